The lowest BCUT2D eigenvalue weighted by Crippen LogP contribution is -2.23. The van der Waals surface area contributed by atoms with Gasteiger partial charge in [0.1, 0.15) is 13.2 Å². The maximum absolute atomic E-state index is 5.80. The van der Waals surface area contributed by atoms with E-state index in [1.54, 1.807) is 0 Å². The average molecular weight is 386 g/mol. The lowest BCUT2D eigenvalue weighted by Gasteiger charge is -2.27. The molecule has 1 unspecified atom stereocenters. The van der Waals surface area contributed by atoms with Gasteiger partial charge in [0.25, 0.3) is 0 Å². The topological polar surface area (TPSA) is 34.6 Å². The van der Waals surface area contributed by atoms with Gasteiger partial charge in [0, 0.05) is 30.5 Å². The van der Waals surface area contributed by atoms with Crippen molar-refractivity contribution in [2.75, 3.05) is 19.8 Å². The van der Waals surface area contributed by atoms with Crippen molar-refractivity contribution in [1.82, 2.24) is 9.88 Å². The Balaban J connectivity index is 1.35. The van der Waals surface area contributed by atoms with Gasteiger partial charge < -0.3 is 9.47 Å². The Morgan fingerprint density at radius 1 is 1.03 bits per heavy atom. The molecule has 0 bridgehead atoms. The second-order valence-electron chi connectivity index (χ2n) is 7.92. The highest BCUT2D eigenvalue weighted by atomic mass is 16.6. The molecule has 1 saturated heterocycles. The van der Waals surface area contributed by atoms with Crippen molar-refractivity contribution in [3.05, 3.63) is 77.6 Å². The summed E-state index contributed by atoms with van der Waals surface area (Å²) in [5.41, 5.74) is 6.42. The predicted octanol–water partition coefficient (Wildman–Crippen LogP) is 5.17. The van der Waals surface area contributed by atoms with Crippen molar-refractivity contribution < 1.29 is 9.47 Å². The van der Waals surface area contributed by atoms with Gasteiger partial charge in [-0.3, -0.25) is 9.88 Å². The number of ether oxygens (including phenoxy) is 2. The first-order chi connectivity index (χ1) is 14.3. The van der Waals surface area contributed by atoms with Crippen molar-refractivity contribution in [2.24, 2.45) is 0 Å². The molecule has 0 amide bonds. The Morgan fingerprint density at radius 2 is 1.93 bits per heavy atom. The van der Waals surface area contributed by atoms with Crippen LogP contribution < -0.4 is 9.47 Å². The molecule has 3 heterocycles. The molecular weight excluding hydrogens is 360 g/mol. The lowest BCUT2D eigenvalue weighted by molar-refractivity contribution is 0.170. The van der Waals surface area contributed by atoms with Gasteiger partial charge in [-0.25, -0.2) is 0 Å². The number of hydrogen-bond donors (Lipinski definition) is 0. The molecule has 1 atom stereocenters. The minimum atomic E-state index is 0.434. The van der Waals surface area contributed by atoms with Crippen molar-refractivity contribution in [3.8, 4) is 22.6 Å². The third-order valence-electron chi connectivity index (χ3n) is 5.96. The standard InChI is InChI=1S/C25H26N2O2/c1-18-14-19(6-8-22(18)21-4-2-10-26-16-21)17-27-11-3-5-23(27)20-7-9-24-25(15-20)29-13-12-28-24/h2,4,6-10,14-16,23H,3,5,11-13,17H2,1H3. The van der Waals surface area contributed by atoms with Crippen LogP contribution in [0, 0.1) is 6.92 Å². The van der Waals surface area contributed by atoms with Gasteiger partial charge in [-0.15, -0.1) is 0 Å². The van der Waals surface area contributed by atoms with E-state index in [1.165, 1.54) is 40.7 Å². The van der Waals surface area contributed by atoms with E-state index in [2.05, 4.69) is 59.3 Å². The van der Waals surface area contributed by atoms with Crippen molar-refractivity contribution in [1.29, 1.82) is 0 Å². The molecule has 1 aromatic heterocycles. The molecule has 2 aromatic carbocycles. The summed E-state index contributed by atoms with van der Waals surface area (Å²) in [5, 5.41) is 0. The van der Waals surface area contributed by atoms with Crippen molar-refractivity contribution >= 4 is 0 Å². The van der Waals surface area contributed by atoms with Gasteiger partial charge in [0.2, 0.25) is 0 Å². The van der Waals surface area contributed by atoms with Crippen LogP contribution in [-0.2, 0) is 6.54 Å². The fourth-order valence-corrected chi connectivity index (χ4v) is 4.56. The number of nitrogens with zero attached hydrogens (tertiary/aromatic N) is 2. The minimum absolute atomic E-state index is 0.434. The van der Waals surface area contributed by atoms with Crippen molar-refractivity contribution in [2.45, 2.75) is 32.4 Å². The first kappa shape index (κ1) is 18.2. The van der Waals surface area contributed by atoms with Gasteiger partial charge in [-0.05, 0) is 66.8 Å². The number of benzene rings is 2. The van der Waals surface area contributed by atoms with E-state index in [4.69, 9.17) is 9.47 Å². The molecule has 2 aliphatic rings. The van der Waals surface area contributed by atoms with E-state index < -0.39 is 0 Å². The van der Waals surface area contributed by atoms with Crippen LogP contribution in [-0.4, -0.2) is 29.6 Å². The van der Waals surface area contributed by atoms with Gasteiger partial charge in [0.05, 0.1) is 0 Å². The summed E-state index contributed by atoms with van der Waals surface area (Å²) in [6.45, 7) is 5.55. The average Bonchev–Trinajstić information content (AvgIpc) is 3.22. The van der Waals surface area contributed by atoms with E-state index in [0.717, 1.165) is 24.6 Å². The Labute approximate surface area is 172 Å². The summed E-state index contributed by atoms with van der Waals surface area (Å²) >= 11 is 0. The summed E-state index contributed by atoms with van der Waals surface area (Å²) in [5.74, 6) is 1.75. The minimum Gasteiger partial charge on any atom is -0.486 e. The molecule has 4 heteroatoms. The summed E-state index contributed by atoms with van der Waals surface area (Å²) < 4.78 is 11.5. The molecule has 0 N–H and O–H groups in total. The second-order valence-corrected chi connectivity index (χ2v) is 7.92. The third-order valence-corrected chi connectivity index (χ3v) is 5.96. The maximum atomic E-state index is 5.80. The number of aryl methyl sites for hydroxylation is 1. The van der Waals surface area contributed by atoms with Crippen LogP contribution in [0.5, 0.6) is 11.5 Å². The molecule has 0 saturated carbocycles. The highest BCUT2D eigenvalue weighted by Crippen LogP contribution is 2.38. The first-order valence-electron chi connectivity index (χ1n) is 10.4. The Hall–Kier alpha value is -2.85. The molecular formula is C25H26N2O2. The van der Waals surface area contributed by atoms with Crippen LogP contribution in [0.15, 0.2) is 60.9 Å². The Kier molecular flexibility index (Phi) is 4.94. The fraction of sp³-hybridized carbons (Fsp3) is 0.320. The smallest absolute Gasteiger partial charge is 0.161 e. The number of fused-ring (bicyclic) bond motifs is 1. The summed E-state index contributed by atoms with van der Waals surface area (Å²) in [6.07, 6.45) is 6.16. The molecule has 0 aliphatic carbocycles. The number of hydrogen-bond acceptors (Lipinski definition) is 4. The summed E-state index contributed by atoms with van der Waals surface area (Å²) in [7, 11) is 0. The fourth-order valence-electron chi connectivity index (χ4n) is 4.56. The molecule has 4 nitrogen and oxygen atoms in total. The zero-order valence-electron chi connectivity index (χ0n) is 16.8. The normalized spacial score (nSPS) is 18.7. The first-order valence-corrected chi connectivity index (χ1v) is 10.4. The highest BCUT2D eigenvalue weighted by molar-refractivity contribution is 5.66. The summed E-state index contributed by atoms with van der Waals surface area (Å²) in [6, 6.07) is 17.8. The molecule has 0 radical (unpaired) electrons. The Bertz CT molecular complexity index is 1000. The van der Waals surface area contributed by atoms with Crippen LogP contribution in [0.1, 0.15) is 35.6 Å². The molecule has 1 fully saturated rings. The van der Waals surface area contributed by atoms with Gasteiger partial charge in [-0.2, -0.15) is 0 Å². The monoisotopic (exact) mass is 386 g/mol. The predicted molar refractivity (Wildman–Crippen MR) is 114 cm³/mol. The zero-order chi connectivity index (χ0) is 19.6. The third kappa shape index (κ3) is 3.73. The molecule has 2 aliphatic heterocycles. The second kappa shape index (κ2) is 7.88. The number of pyridine rings is 1. The van der Waals surface area contributed by atoms with Crippen LogP contribution >= 0.6 is 0 Å². The molecule has 5 rings (SSSR count). The SMILES string of the molecule is Cc1cc(CN2CCCC2c2ccc3c(c2)OCCO3)ccc1-c1cccnc1. The molecule has 3 aromatic rings. The lowest BCUT2D eigenvalue weighted by atomic mass is 9.99. The zero-order valence-corrected chi connectivity index (χ0v) is 16.8. The van der Waals surface area contributed by atoms with E-state index in [-0.39, 0.29) is 0 Å². The summed E-state index contributed by atoms with van der Waals surface area (Å²) in [4.78, 5) is 6.84. The van der Waals surface area contributed by atoms with E-state index in [9.17, 15) is 0 Å². The van der Waals surface area contributed by atoms with Crippen LogP contribution in [0.2, 0.25) is 0 Å². The largest absolute Gasteiger partial charge is 0.486 e. The van der Waals surface area contributed by atoms with Crippen LogP contribution in [0.3, 0.4) is 0 Å². The van der Waals surface area contributed by atoms with E-state index in [1.807, 2.05) is 18.5 Å². The van der Waals surface area contributed by atoms with Gasteiger partial charge >= 0.3 is 0 Å². The van der Waals surface area contributed by atoms with Crippen molar-refractivity contribution in [3.63, 3.8) is 0 Å². The Morgan fingerprint density at radius 3 is 2.76 bits per heavy atom. The number of likely N-dealkylation sites (tertiary alicyclic amines) is 1. The van der Waals surface area contributed by atoms with E-state index >= 15 is 0 Å². The molecule has 148 valence electrons. The van der Waals surface area contributed by atoms with Crippen LogP contribution in [0.25, 0.3) is 11.1 Å². The van der Waals surface area contributed by atoms with Gasteiger partial charge in [-0.1, -0.05) is 30.3 Å². The van der Waals surface area contributed by atoms with Crippen LogP contribution in [0.4, 0.5) is 0 Å². The van der Waals surface area contributed by atoms with Gasteiger partial charge in [0.15, 0.2) is 11.5 Å². The quantitative estimate of drug-likeness (QED) is 0.620. The molecule has 29 heavy (non-hydrogen) atoms. The number of rotatable bonds is 4. The highest BCUT2D eigenvalue weighted by Gasteiger charge is 2.27. The number of aromatic nitrogens is 1. The maximum Gasteiger partial charge on any atom is 0.161 e. The van der Waals surface area contributed by atoms with E-state index in [0.29, 0.717) is 19.3 Å². The molecule has 0 spiro atoms.